The van der Waals surface area contributed by atoms with Crippen LogP contribution in [0.15, 0.2) is 35.0 Å². The highest BCUT2D eigenvalue weighted by atomic mass is 16.5. The van der Waals surface area contributed by atoms with Crippen molar-refractivity contribution in [3.8, 4) is 11.5 Å². The van der Waals surface area contributed by atoms with E-state index in [2.05, 4.69) is 4.99 Å². The number of ether oxygens (including phenoxy) is 2. The number of nitrogens with zero attached hydrogens (tertiary/aromatic N) is 1. The van der Waals surface area contributed by atoms with Crippen molar-refractivity contribution in [3.63, 3.8) is 0 Å². The molecule has 2 rings (SSSR count). The van der Waals surface area contributed by atoms with E-state index in [0.29, 0.717) is 5.92 Å². The predicted molar refractivity (Wildman–Crippen MR) is 72.5 cm³/mol. The third-order valence-electron chi connectivity index (χ3n) is 3.08. The van der Waals surface area contributed by atoms with Crippen LogP contribution in [0.3, 0.4) is 0 Å². The van der Waals surface area contributed by atoms with Gasteiger partial charge in [-0.2, -0.15) is 0 Å². The van der Waals surface area contributed by atoms with Gasteiger partial charge >= 0.3 is 0 Å². The van der Waals surface area contributed by atoms with E-state index in [1.165, 1.54) is 5.56 Å². The predicted octanol–water partition coefficient (Wildman–Crippen LogP) is 2.10. The summed E-state index contributed by atoms with van der Waals surface area (Å²) in [6, 6.07) is 5.96. The van der Waals surface area contributed by atoms with Gasteiger partial charge in [0.05, 0.1) is 14.2 Å². The van der Waals surface area contributed by atoms with Crippen molar-refractivity contribution in [3.05, 3.63) is 35.5 Å². The van der Waals surface area contributed by atoms with Crippen LogP contribution in [0.25, 0.3) is 0 Å². The molecule has 0 saturated heterocycles. The summed E-state index contributed by atoms with van der Waals surface area (Å²) in [6.07, 6.45) is 4.45. The topological polar surface area (TPSA) is 56.8 Å². The molecule has 0 fully saturated rings. The first-order valence-electron chi connectivity index (χ1n) is 5.91. The van der Waals surface area contributed by atoms with Crippen LogP contribution in [0.2, 0.25) is 0 Å². The van der Waals surface area contributed by atoms with Crippen LogP contribution in [0.4, 0.5) is 0 Å². The summed E-state index contributed by atoms with van der Waals surface area (Å²) in [5, 5.41) is 0. The monoisotopic (exact) mass is 246 g/mol. The van der Waals surface area contributed by atoms with E-state index in [1.807, 2.05) is 24.3 Å². The van der Waals surface area contributed by atoms with E-state index in [1.54, 1.807) is 20.4 Å². The second-order valence-corrected chi connectivity index (χ2v) is 4.27. The summed E-state index contributed by atoms with van der Waals surface area (Å²) in [5.74, 6) is 1.77. The number of methoxy groups -OCH3 is 2. The van der Waals surface area contributed by atoms with E-state index in [0.717, 1.165) is 30.2 Å². The van der Waals surface area contributed by atoms with Gasteiger partial charge in [-0.25, -0.2) is 0 Å². The van der Waals surface area contributed by atoms with Gasteiger partial charge in [0.25, 0.3) is 0 Å². The molecular formula is C14H18N2O2. The number of rotatable bonds is 3. The first-order chi connectivity index (χ1) is 8.74. The quantitative estimate of drug-likeness (QED) is 0.888. The zero-order valence-corrected chi connectivity index (χ0v) is 10.7. The van der Waals surface area contributed by atoms with E-state index in [-0.39, 0.29) is 0 Å². The van der Waals surface area contributed by atoms with Crippen molar-refractivity contribution in [2.75, 3.05) is 20.8 Å². The highest BCUT2D eigenvalue weighted by Crippen LogP contribution is 2.32. The molecule has 1 aliphatic rings. The molecule has 96 valence electrons. The maximum absolute atomic E-state index is 5.90. The van der Waals surface area contributed by atoms with Crippen molar-refractivity contribution in [1.82, 2.24) is 0 Å². The fraction of sp³-hybridized carbons (Fsp3) is 0.357. The minimum Gasteiger partial charge on any atom is -0.493 e. The molecule has 0 saturated carbocycles. The molecule has 0 radical (unpaired) electrons. The number of aliphatic imine (C=N–C) groups is 1. The molecule has 1 heterocycles. The van der Waals surface area contributed by atoms with E-state index in [4.69, 9.17) is 15.2 Å². The van der Waals surface area contributed by atoms with Gasteiger partial charge < -0.3 is 15.2 Å². The van der Waals surface area contributed by atoms with Crippen LogP contribution in [0.1, 0.15) is 17.9 Å². The Morgan fingerprint density at radius 3 is 2.72 bits per heavy atom. The number of hydrogen-bond acceptors (Lipinski definition) is 4. The second-order valence-electron chi connectivity index (χ2n) is 4.27. The summed E-state index contributed by atoms with van der Waals surface area (Å²) in [5.41, 5.74) is 7.93. The molecule has 1 unspecified atom stereocenters. The van der Waals surface area contributed by atoms with Gasteiger partial charge in [0, 0.05) is 24.4 Å². The Bertz CT molecular complexity index is 481. The van der Waals surface area contributed by atoms with Crippen LogP contribution in [-0.2, 0) is 0 Å². The van der Waals surface area contributed by atoms with Gasteiger partial charge in [-0.3, -0.25) is 4.99 Å². The average molecular weight is 246 g/mol. The lowest BCUT2D eigenvalue weighted by molar-refractivity contribution is 0.354. The van der Waals surface area contributed by atoms with E-state index in [9.17, 15) is 0 Å². The maximum atomic E-state index is 5.90. The Kier molecular flexibility index (Phi) is 3.87. The third kappa shape index (κ3) is 2.64. The Morgan fingerprint density at radius 2 is 2.00 bits per heavy atom. The fourth-order valence-electron chi connectivity index (χ4n) is 2.08. The molecule has 1 aromatic rings. The van der Waals surface area contributed by atoms with Gasteiger partial charge in [-0.05, 0) is 30.2 Å². The normalized spacial score (nSPS) is 19.0. The Balaban J connectivity index is 2.28. The molecule has 0 bridgehead atoms. The van der Waals surface area contributed by atoms with Crippen LogP contribution in [0.5, 0.6) is 11.5 Å². The minimum absolute atomic E-state index is 0.291. The van der Waals surface area contributed by atoms with Crippen LogP contribution in [0, 0.1) is 0 Å². The number of allylic oxidation sites excluding steroid dienone is 2. The maximum Gasteiger partial charge on any atom is 0.160 e. The van der Waals surface area contributed by atoms with Gasteiger partial charge in [-0.15, -0.1) is 0 Å². The molecule has 1 aromatic carbocycles. The third-order valence-corrected chi connectivity index (χ3v) is 3.08. The van der Waals surface area contributed by atoms with Crippen LogP contribution in [-0.4, -0.2) is 27.0 Å². The second kappa shape index (κ2) is 5.58. The zero-order valence-electron chi connectivity index (χ0n) is 10.7. The summed E-state index contributed by atoms with van der Waals surface area (Å²) >= 11 is 0. The fourth-order valence-corrected chi connectivity index (χ4v) is 2.08. The lowest BCUT2D eigenvalue weighted by Crippen LogP contribution is -2.07. The average Bonchev–Trinajstić information content (AvgIpc) is 2.62. The van der Waals surface area contributed by atoms with Crippen molar-refractivity contribution in [2.45, 2.75) is 12.3 Å². The highest BCUT2D eigenvalue weighted by molar-refractivity contribution is 5.72. The molecular weight excluding hydrogens is 228 g/mol. The number of nitrogens with two attached hydrogens (primary N) is 1. The Labute approximate surface area is 107 Å². The van der Waals surface area contributed by atoms with Crippen molar-refractivity contribution in [2.24, 2.45) is 10.7 Å². The summed E-state index contributed by atoms with van der Waals surface area (Å²) < 4.78 is 10.6. The zero-order chi connectivity index (χ0) is 13.0. The van der Waals surface area contributed by atoms with Gasteiger partial charge in [0.2, 0.25) is 0 Å². The highest BCUT2D eigenvalue weighted by Gasteiger charge is 2.16. The first kappa shape index (κ1) is 12.5. The molecule has 2 N–H and O–H groups in total. The Hall–Kier alpha value is -1.97. The molecule has 0 spiro atoms. The van der Waals surface area contributed by atoms with Crippen molar-refractivity contribution >= 4 is 6.21 Å². The smallest absolute Gasteiger partial charge is 0.160 e. The molecule has 1 aliphatic heterocycles. The first-order valence-corrected chi connectivity index (χ1v) is 5.91. The standard InChI is InChI=1S/C14H18N2O2/c1-17-13-4-3-10(8-14(13)18-2)11-7-12(15)5-6-16-9-11/h3-6,8,11H,7,9,15H2,1-2H3. The number of benzene rings is 1. The summed E-state index contributed by atoms with van der Waals surface area (Å²) in [7, 11) is 3.27. The molecule has 0 aromatic heterocycles. The molecule has 0 amide bonds. The number of hydrogen-bond donors (Lipinski definition) is 1. The molecule has 18 heavy (non-hydrogen) atoms. The summed E-state index contributed by atoms with van der Waals surface area (Å²) in [6.45, 7) is 0.743. The van der Waals surface area contributed by atoms with Gasteiger partial charge in [0.15, 0.2) is 11.5 Å². The van der Waals surface area contributed by atoms with Gasteiger partial charge in [-0.1, -0.05) is 6.07 Å². The summed E-state index contributed by atoms with van der Waals surface area (Å²) in [4.78, 5) is 4.32. The van der Waals surface area contributed by atoms with Crippen LogP contribution < -0.4 is 15.2 Å². The van der Waals surface area contributed by atoms with E-state index >= 15 is 0 Å². The lowest BCUT2D eigenvalue weighted by Gasteiger charge is -2.16. The van der Waals surface area contributed by atoms with Crippen molar-refractivity contribution in [1.29, 1.82) is 0 Å². The molecule has 4 heteroatoms. The molecule has 0 aliphatic carbocycles. The Morgan fingerprint density at radius 1 is 1.22 bits per heavy atom. The molecule has 1 atom stereocenters. The van der Waals surface area contributed by atoms with Gasteiger partial charge in [0.1, 0.15) is 0 Å². The largest absolute Gasteiger partial charge is 0.493 e. The van der Waals surface area contributed by atoms with Crippen LogP contribution >= 0.6 is 0 Å². The SMILES string of the molecule is COc1ccc(C2CN=CC=C(N)C2)cc1OC. The van der Waals surface area contributed by atoms with E-state index < -0.39 is 0 Å². The minimum atomic E-state index is 0.291. The van der Waals surface area contributed by atoms with Crippen molar-refractivity contribution < 1.29 is 9.47 Å². The molecule has 4 nitrogen and oxygen atoms in total. The lowest BCUT2D eigenvalue weighted by atomic mass is 9.94.